The van der Waals surface area contributed by atoms with E-state index in [1.165, 1.54) is 6.20 Å². The third kappa shape index (κ3) is 1.93. The molecule has 0 aliphatic rings. The van der Waals surface area contributed by atoms with E-state index < -0.39 is 0 Å². The monoisotopic (exact) mass is 238 g/mol. The molecule has 1 N–H and O–H groups in total. The summed E-state index contributed by atoms with van der Waals surface area (Å²) >= 11 is 0. The molecule has 0 aromatic carbocycles. The molecule has 5 heteroatoms. The standard InChI is InChI=1S/C13H10N4O/c18-13(10-2-1-5-14-9-10)16-11-4-7-17-12(8-11)3-6-15-17/h1-9H,(H,16,18). The van der Waals surface area contributed by atoms with Crippen molar-refractivity contribution in [3.05, 3.63) is 60.7 Å². The molecule has 0 unspecified atom stereocenters. The lowest BCUT2D eigenvalue weighted by Crippen LogP contribution is -2.12. The van der Waals surface area contributed by atoms with Crippen LogP contribution in [-0.2, 0) is 0 Å². The molecule has 1 amide bonds. The van der Waals surface area contributed by atoms with Gasteiger partial charge in [-0.25, -0.2) is 4.52 Å². The van der Waals surface area contributed by atoms with Crippen LogP contribution in [0.1, 0.15) is 10.4 Å². The maximum absolute atomic E-state index is 11.9. The molecule has 0 atom stereocenters. The van der Waals surface area contributed by atoms with Crippen LogP contribution in [0.25, 0.3) is 5.52 Å². The summed E-state index contributed by atoms with van der Waals surface area (Å²) in [7, 11) is 0. The predicted octanol–water partition coefficient (Wildman–Crippen LogP) is 1.98. The smallest absolute Gasteiger partial charge is 0.257 e. The van der Waals surface area contributed by atoms with Gasteiger partial charge in [0.2, 0.25) is 0 Å². The fourth-order valence-corrected chi connectivity index (χ4v) is 1.70. The molecule has 0 radical (unpaired) electrons. The van der Waals surface area contributed by atoms with E-state index in [-0.39, 0.29) is 5.91 Å². The Hall–Kier alpha value is -2.69. The molecule has 0 saturated heterocycles. The Morgan fingerprint density at radius 3 is 3.00 bits per heavy atom. The van der Waals surface area contributed by atoms with E-state index in [9.17, 15) is 4.79 Å². The number of fused-ring (bicyclic) bond motifs is 1. The molecule has 0 saturated carbocycles. The summed E-state index contributed by atoms with van der Waals surface area (Å²) in [5.41, 5.74) is 2.20. The third-order valence-corrected chi connectivity index (χ3v) is 2.58. The number of rotatable bonds is 2. The van der Waals surface area contributed by atoms with Gasteiger partial charge in [0.25, 0.3) is 5.91 Å². The van der Waals surface area contributed by atoms with Gasteiger partial charge in [0, 0.05) is 30.5 Å². The fraction of sp³-hybridized carbons (Fsp3) is 0. The van der Waals surface area contributed by atoms with Crippen molar-refractivity contribution in [2.45, 2.75) is 0 Å². The van der Waals surface area contributed by atoms with Crippen LogP contribution in [0.2, 0.25) is 0 Å². The zero-order chi connectivity index (χ0) is 12.4. The number of nitrogens with zero attached hydrogens (tertiary/aromatic N) is 3. The molecule has 0 aliphatic heterocycles. The molecule has 3 heterocycles. The fourth-order valence-electron chi connectivity index (χ4n) is 1.70. The van der Waals surface area contributed by atoms with Gasteiger partial charge in [-0.3, -0.25) is 9.78 Å². The van der Waals surface area contributed by atoms with Crippen LogP contribution < -0.4 is 5.32 Å². The summed E-state index contributed by atoms with van der Waals surface area (Å²) in [6, 6.07) is 8.99. The Bertz CT molecular complexity index is 690. The molecule has 0 bridgehead atoms. The quantitative estimate of drug-likeness (QED) is 0.742. The van der Waals surface area contributed by atoms with Crippen LogP contribution in [0.5, 0.6) is 0 Å². The van der Waals surface area contributed by atoms with Gasteiger partial charge in [-0.2, -0.15) is 5.10 Å². The Labute approximate surface area is 103 Å². The van der Waals surface area contributed by atoms with E-state index >= 15 is 0 Å². The second-order valence-corrected chi connectivity index (χ2v) is 3.81. The number of nitrogens with one attached hydrogen (secondary N) is 1. The number of amides is 1. The number of aromatic nitrogens is 3. The van der Waals surface area contributed by atoms with Crippen molar-refractivity contribution in [2.24, 2.45) is 0 Å². The first kappa shape index (κ1) is 10.5. The van der Waals surface area contributed by atoms with Gasteiger partial charge < -0.3 is 5.32 Å². The van der Waals surface area contributed by atoms with Crippen molar-refractivity contribution in [3.8, 4) is 0 Å². The van der Waals surface area contributed by atoms with Crippen LogP contribution in [0.4, 0.5) is 5.69 Å². The van der Waals surface area contributed by atoms with Gasteiger partial charge in [-0.05, 0) is 30.3 Å². The Kier molecular flexibility index (Phi) is 2.49. The molecular formula is C13H10N4O. The second-order valence-electron chi connectivity index (χ2n) is 3.81. The van der Waals surface area contributed by atoms with Crippen molar-refractivity contribution in [1.29, 1.82) is 0 Å². The highest BCUT2D eigenvalue weighted by Crippen LogP contribution is 2.12. The minimum absolute atomic E-state index is 0.174. The summed E-state index contributed by atoms with van der Waals surface area (Å²) in [5.74, 6) is -0.174. The van der Waals surface area contributed by atoms with Crippen LogP contribution in [0.3, 0.4) is 0 Å². The number of anilines is 1. The van der Waals surface area contributed by atoms with Crippen molar-refractivity contribution in [3.63, 3.8) is 0 Å². The second kappa shape index (κ2) is 4.29. The van der Waals surface area contributed by atoms with E-state index in [1.54, 1.807) is 41.3 Å². The lowest BCUT2D eigenvalue weighted by atomic mass is 10.2. The van der Waals surface area contributed by atoms with Crippen molar-refractivity contribution in [2.75, 3.05) is 5.32 Å². The normalized spacial score (nSPS) is 10.4. The van der Waals surface area contributed by atoms with Crippen LogP contribution >= 0.6 is 0 Å². The SMILES string of the molecule is O=C(Nc1ccn2nccc2c1)c1cccnc1. The summed E-state index contributed by atoms with van der Waals surface area (Å²) in [5, 5.41) is 6.91. The molecule has 0 spiro atoms. The topological polar surface area (TPSA) is 59.3 Å². The van der Waals surface area contributed by atoms with Crippen LogP contribution in [0.15, 0.2) is 55.1 Å². The van der Waals surface area contributed by atoms with E-state index in [2.05, 4.69) is 15.4 Å². The summed E-state index contributed by atoms with van der Waals surface area (Å²) in [4.78, 5) is 15.8. The number of hydrogen-bond acceptors (Lipinski definition) is 3. The molecule has 3 rings (SSSR count). The minimum Gasteiger partial charge on any atom is -0.322 e. The Morgan fingerprint density at radius 1 is 1.22 bits per heavy atom. The van der Waals surface area contributed by atoms with Gasteiger partial charge in [-0.1, -0.05) is 0 Å². The summed E-state index contributed by atoms with van der Waals surface area (Å²) < 4.78 is 1.74. The number of pyridine rings is 2. The highest BCUT2D eigenvalue weighted by molar-refractivity contribution is 6.04. The first-order chi connectivity index (χ1) is 8.83. The zero-order valence-corrected chi connectivity index (χ0v) is 9.45. The Morgan fingerprint density at radius 2 is 2.17 bits per heavy atom. The first-order valence-electron chi connectivity index (χ1n) is 5.48. The summed E-state index contributed by atoms with van der Waals surface area (Å²) in [6.07, 6.45) is 6.68. The zero-order valence-electron chi connectivity index (χ0n) is 9.45. The molecule has 0 fully saturated rings. The molecule has 0 aliphatic carbocycles. The van der Waals surface area contributed by atoms with E-state index in [1.807, 2.05) is 12.1 Å². The molecule has 5 nitrogen and oxygen atoms in total. The van der Waals surface area contributed by atoms with E-state index in [0.29, 0.717) is 5.56 Å². The first-order valence-corrected chi connectivity index (χ1v) is 5.48. The summed E-state index contributed by atoms with van der Waals surface area (Å²) in [6.45, 7) is 0. The molecule has 3 aromatic heterocycles. The number of carbonyl (C=O) groups excluding carboxylic acids is 1. The molecule has 3 aromatic rings. The van der Waals surface area contributed by atoms with Crippen molar-refractivity contribution >= 4 is 17.1 Å². The number of carbonyl (C=O) groups is 1. The van der Waals surface area contributed by atoms with Gasteiger partial charge in [0.1, 0.15) is 0 Å². The molecule has 88 valence electrons. The third-order valence-electron chi connectivity index (χ3n) is 2.58. The lowest BCUT2D eigenvalue weighted by molar-refractivity contribution is 0.102. The van der Waals surface area contributed by atoms with Crippen LogP contribution in [0, 0.1) is 0 Å². The Balaban J connectivity index is 1.86. The molecule has 18 heavy (non-hydrogen) atoms. The van der Waals surface area contributed by atoms with Crippen LogP contribution in [-0.4, -0.2) is 20.5 Å². The number of hydrogen-bond donors (Lipinski definition) is 1. The highest BCUT2D eigenvalue weighted by Gasteiger charge is 2.06. The maximum atomic E-state index is 11.9. The van der Waals surface area contributed by atoms with Gasteiger partial charge in [0.15, 0.2) is 0 Å². The van der Waals surface area contributed by atoms with E-state index in [4.69, 9.17) is 0 Å². The molecular weight excluding hydrogens is 228 g/mol. The largest absolute Gasteiger partial charge is 0.322 e. The van der Waals surface area contributed by atoms with E-state index in [0.717, 1.165) is 11.2 Å². The minimum atomic E-state index is -0.174. The highest BCUT2D eigenvalue weighted by atomic mass is 16.1. The average Bonchev–Trinajstić information content (AvgIpc) is 2.87. The predicted molar refractivity (Wildman–Crippen MR) is 67.4 cm³/mol. The van der Waals surface area contributed by atoms with Crippen molar-refractivity contribution < 1.29 is 4.79 Å². The van der Waals surface area contributed by atoms with Gasteiger partial charge in [-0.15, -0.1) is 0 Å². The van der Waals surface area contributed by atoms with Crippen molar-refractivity contribution in [1.82, 2.24) is 14.6 Å². The van der Waals surface area contributed by atoms with Gasteiger partial charge >= 0.3 is 0 Å². The lowest BCUT2D eigenvalue weighted by Gasteiger charge is -2.05. The van der Waals surface area contributed by atoms with Gasteiger partial charge in [0.05, 0.1) is 11.1 Å². The average molecular weight is 238 g/mol. The maximum Gasteiger partial charge on any atom is 0.257 e.